The number of carbonyl (C=O) groups excluding carboxylic acids is 2. The second kappa shape index (κ2) is 11.8. The van der Waals surface area contributed by atoms with Crippen LogP contribution in [-0.4, -0.2) is 53.3 Å². The molecule has 2 amide bonds. The molecule has 186 valence electrons. The maximum atomic E-state index is 13.1. The molecular formula is C28H36N4O3. The van der Waals surface area contributed by atoms with Gasteiger partial charge in [0.15, 0.2) is 0 Å². The zero-order valence-corrected chi connectivity index (χ0v) is 21.4. The molecule has 1 aromatic heterocycles. The lowest BCUT2D eigenvalue weighted by molar-refractivity contribution is -0.135. The number of ether oxygens (including phenoxy) is 1. The predicted molar refractivity (Wildman–Crippen MR) is 139 cm³/mol. The number of hydrogen-bond donors (Lipinski definition) is 1. The van der Waals surface area contributed by atoms with Crippen LogP contribution in [0.1, 0.15) is 44.0 Å². The molecule has 0 radical (unpaired) electrons. The van der Waals surface area contributed by atoms with Gasteiger partial charge in [0, 0.05) is 31.6 Å². The topological polar surface area (TPSA) is 76.5 Å². The predicted octanol–water partition coefficient (Wildman–Crippen LogP) is 4.52. The van der Waals surface area contributed by atoms with Gasteiger partial charge in [-0.3, -0.25) is 9.59 Å². The van der Waals surface area contributed by atoms with Crippen LogP contribution < -0.4 is 5.32 Å². The van der Waals surface area contributed by atoms with Crippen LogP contribution in [0.5, 0.6) is 0 Å². The zero-order valence-electron chi connectivity index (χ0n) is 21.4. The Bertz CT molecular complexity index is 1130. The van der Waals surface area contributed by atoms with Crippen LogP contribution in [0.25, 0.3) is 5.69 Å². The first kappa shape index (κ1) is 26.2. The van der Waals surface area contributed by atoms with Crippen LogP contribution in [0.3, 0.4) is 0 Å². The monoisotopic (exact) mass is 476 g/mol. The molecule has 3 aromatic rings. The van der Waals surface area contributed by atoms with Crippen molar-refractivity contribution in [2.45, 2.75) is 46.0 Å². The van der Waals surface area contributed by atoms with Crippen molar-refractivity contribution in [3.8, 4) is 5.69 Å². The summed E-state index contributed by atoms with van der Waals surface area (Å²) in [6.07, 6.45) is 0.954. The van der Waals surface area contributed by atoms with Gasteiger partial charge in [0.1, 0.15) is 5.82 Å². The highest BCUT2D eigenvalue weighted by Gasteiger charge is 2.23. The summed E-state index contributed by atoms with van der Waals surface area (Å²) in [5.41, 5.74) is 3.71. The van der Waals surface area contributed by atoms with E-state index in [1.807, 2.05) is 67.6 Å². The van der Waals surface area contributed by atoms with Crippen molar-refractivity contribution in [3.05, 3.63) is 77.5 Å². The molecule has 0 aliphatic rings. The SMILES string of the molecule is COCCN(CC(=O)Nc1cc(C(C)(C)C)nn1-c1ccccc1C)C(=O)CCc1ccccc1. The van der Waals surface area contributed by atoms with Crippen molar-refractivity contribution in [2.75, 3.05) is 32.1 Å². The molecule has 0 fully saturated rings. The van der Waals surface area contributed by atoms with Gasteiger partial charge in [0.05, 0.1) is 24.5 Å². The first-order valence-electron chi connectivity index (χ1n) is 12.0. The normalized spacial score (nSPS) is 11.3. The molecule has 1 N–H and O–H groups in total. The third-order valence-electron chi connectivity index (χ3n) is 5.81. The molecule has 0 aliphatic carbocycles. The van der Waals surface area contributed by atoms with Gasteiger partial charge in [-0.15, -0.1) is 0 Å². The third-order valence-corrected chi connectivity index (χ3v) is 5.81. The number of aromatic nitrogens is 2. The summed E-state index contributed by atoms with van der Waals surface area (Å²) in [5, 5.41) is 7.79. The number of amides is 2. The second-order valence-electron chi connectivity index (χ2n) is 9.70. The minimum absolute atomic E-state index is 0.0548. The number of rotatable bonds is 10. The van der Waals surface area contributed by atoms with E-state index in [1.165, 1.54) is 0 Å². The number of nitrogens with zero attached hydrogens (tertiary/aromatic N) is 3. The fourth-order valence-electron chi connectivity index (χ4n) is 3.72. The Balaban J connectivity index is 1.76. The molecule has 0 atom stereocenters. The van der Waals surface area contributed by atoms with E-state index in [0.29, 0.717) is 31.8 Å². The first-order chi connectivity index (χ1) is 16.7. The number of methoxy groups -OCH3 is 1. The van der Waals surface area contributed by atoms with Gasteiger partial charge in [-0.05, 0) is 30.5 Å². The second-order valence-corrected chi connectivity index (χ2v) is 9.70. The van der Waals surface area contributed by atoms with E-state index < -0.39 is 0 Å². The Morgan fingerprint density at radius 3 is 2.40 bits per heavy atom. The fourth-order valence-corrected chi connectivity index (χ4v) is 3.72. The summed E-state index contributed by atoms with van der Waals surface area (Å²) < 4.78 is 6.94. The lowest BCUT2D eigenvalue weighted by Gasteiger charge is -2.22. The van der Waals surface area contributed by atoms with E-state index >= 15 is 0 Å². The standard InChI is InChI=1S/C28H36N4O3/c1-21-11-9-10-14-23(21)32-25(19-24(30-32)28(2,3)4)29-26(33)20-31(17-18-35-5)27(34)16-15-22-12-7-6-8-13-22/h6-14,19H,15-18,20H2,1-5H3,(H,29,33). The summed E-state index contributed by atoms with van der Waals surface area (Å²) >= 11 is 0. The number of carbonyl (C=O) groups is 2. The summed E-state index contributed by atoms with van der Waals surface area (Å²) in [6, 6.07) is 19.7. The summed E-state index contributed by atoms with van der Waals surface area (Å²) in [4.78, 5) is 27.6. The molecule has 35 heavy (non-hydrogen) atoms. The van der Waals surface area contributed by atoms with Gasteiger partial charge >= 0.3 is 0 Å². The Morgan fingerprint density at radius 1 is 1.06 bits per heavy atom. The van der Waals surface area contributed by atoms with Crippen molar-refractivity contribution < 1.29 is 14.3 Å². The van der Waals surface area contributed by atoms with E-state index in [0.717, 1.165) is 22.5 Å². The van der Waals surface area contributed by atoms with Crippen LogP contribution in [-0.2, 0) is 26.2 Å². The average molecular weight is 477 g/mol. The summed E-state index contributed by atoms with van der Waals surface area (Å²) in [6.45, 7) is 8.92. The Kier molecular flexibility index (Phi) is 8.82. The number of benzene rings is 2. The molecule has 0 bridgehead atoms. The number of aryl methyl sites for hydroxylation is 2. The van der Waals surface area contributed by atoms with Crippen molar-refractivity contribution in [1.29, 1.82) is 0 Å². The first-order valence-corrected chi connectivity index (χ1v) is 12.0. The van der Waals surface area contributed by atoms with Crippen LogP contribution >= 0.6 is 0 Å². The highest BCUT2D eigenvalue weighted by molar-refractivity contribution is 5.94. The van der Waals surface area contributed by atoms with Crippen LogP contribution in [0.2, 0.25) is 0 Å². The van der Waals surface area contributed by atoms with E-state index in [9.17, 15) is 9.59 Å². The molecule has 2 aromatic carbocycles. The quantitative estimate of drug-likeness (QED) is 0.467. The lowest BCUT2D eigenvalue weighted by Crippen LogP contribution is -2.40. The maximum Gasteiger partial charge on any atom is 0.245 e. The minimum atomic E-state index is -0.274. The van der Waals surface area contributed by atoms with Crippen molar-refractivity contribution in [3.63, 3.8) is 0 Å². The number of hydrogen-bond acceptors (Lipinski definition) is 4. The van der Waals surface area contributed by atoms with Crippen molar-refractivity contribution in [2.24, 2.45) is 0 Å². The molecule has 0 saturated heterocycles. The number of nitrogens with one attached hydrogen (secondary N) is 1. The average Bonchev–Trinajstić information content (AvgIpc) is 3.25. The Morgan fingerprint density at radius 2 is 1.74 bits per heavy atom. The number of para-hydroxylation sites is 1. The largest absolute Gasteiger partial charge is 0.383 e. The lowest BCUT2D eigenvalue weighted by atomic mass is 9.92. The van der Waals surface area contributed by atoms with E-state index in [4.69, 9.17) is 9.84 Å². The van der Waals surface area contributed by atoms with Gasteiger partial charge in [0.2, 0.25) is 11.8 Å². The zero-order chi connectivity index (χ0) is 25.4. The molecule has 0 aliphatic heterocycles. The Hall–Kier alpha value is -3.45. The summed E-state index contributed by atoms with van der Waals surface area (Å²) in [5.74, 6) is 0.228. The fraction of sp³-hybridized carbons (Fsp3) is 0.393. The summed E-state index contributed by atoms with van der Waals surface area (Å²) in [7, 11) is 1.58. The molecule has 0 saturated carbocycles. The van der Waals surface area contributed by atoms with Crippen LogP contribution in [0.4, 0.5) is 5.82 Å². The molecule has 7 heteroatoms. The van der Waals surface area contributed by atoms with E-state index in [1.54, 1.807) is 16.7 Å². The highest BCUT2D eigenvalue weighted by Crippen LogP contribution is 2.27. The maximum absolute atomic E-state index is 13.1. The highest BCUT2D eigenvalue weighted by atomic mass is 16.5. The molecule has 0 unspecified atom stereocenters. The van der Waals surface area contributed by atoms with Gasteiger partial charge in [-0.1, -0.05) is 69.3 Å². The third kappa shape index (κ3) is 7.26. The van der Waals surface area contributed by atoms with Crippen LogP contribution in [0, 0.1) is 6.92 Å². The van der Waals surface area contributed by atoms with Gasteiger partial charge < -0.3 is 15.0 Å². The van der Waals surface area contributed by atoms with Gasteiger partial charge in [0.25, 0.3) is 0 Å². The smallest absolute Gasteiger partial charge is 0.245 e. The molecule has 3 rings (SSSR count). The van der Waals surface area contributed by atoms with E-state index in [2.05, 4.69) is 26.1 Å². The van der Waals surface area contributed by atoms with Crippen molar-refractivity contribution >= 4 is 17.6 Å². The molecular weight excluding hydrogens is 440 g/mol. The molecule has 0 spiro atoms. The minimum Gasteiger partial charge on any atom is -0.383 e. The number of anilines is 1. The van der Waals surface area contributed by atoms with Gasteiger partial charge in [-0.2, -0.15) is 5.10 Å². The Labute approximate surface area is 208 Å². The molecule has 1 heterocycles. The van der Waals surface area contributed by atoms with E-state index in [-0.39, 0.29) is 23.8 Å². The van der Waals surface area contributed by atoms with Crippen LogP contribution in [0.15, 0.2) is 60.7 Å². The van der Waals surface area contributed by atoms with Crippen molar-refractivity contribution in [1.82, 2.24) is 14.7 Å². The van der Waals surface area contributed by atoms with Gasteiger partial charge in [-0.25, -0.2) is 4.68 Å². The molecule has 7 nitrogen and oxygen atoms in total.